The van der Waals surface area contributed by atoms with Crippen LogP contribution in [0, 0.1) is 0 Å². The molecule has 0 saturated heterocycles. The van der Waals surface area contributed by atoms with Crippen molar-refractivity contribution in [3.8, 4) is 0 Å². The van der Waals surface area contributed by atoms with E-state index in [1.165, 1.54) is 4.90 Å². The first-order chi connectivity index (χ1) is 10.4. The molecule has 1 saturated carbocycles. The first-order valence-corrected chi connectivity index (χ1v) is 7.21. The van der Waals surface area contributed by atoms with Crippen molar-refractivity contribution in [2.75, 3.05) is 27.7 Å². The minimum atomic E-state index is -1.00. The molecular weight excluding hydrogens is 284 g/mol. The predicted octanol–water partition coefficient (Wildman–Crippen LogP) is 1.46. The Labute approximate surface area is 130 Å². The van der Waals surface area contributed by atoms with E-state index in [4.69, 9.17) is 4.74 Å². The summed E-state index contributed by atoms with van der Waals surface area (Å²) in [7, 11) is 4.88. The number of hydrogen-bond donors (Lipinski definition) is 2. The van der Waals surface area contributed by atoms with Crippen LogP contribution in [-0.2, 0) is 14.9 Å². The Balaban J connectivity index is 2.19. The second-order valence-corrected chi connectivity index (χ2v) is 5.84. The molecule has 0 radical (unpaired) electrons. The van der Waals surface area contributed by atoms with Gasteiger partial charge in [-0.15, -0.1) is 0 Å². The quantitative estimate of drug-likeness (QED) is 0.832. The predicted molar refractivity (Wildman–Crippen MR) is 81.8 cm³/mol. The molecule has 0 spiro atoms. The summed E-state index contributed by atoms with van der Waals surface area (Å²) in [5.74, 6) is -0.877. The van der Waals surface area contributed by atoms with Crippen molar-refractivity contribution >= 4 is 12.1 Å². The van der Waals surface area contributed by atoms with E-state index in [0.29, 0.717) is 12.8 Å². The molecule has 22 heavy (non-hydrogen) atoms. The Morgan fingerprint density at radius 1 is 1.32 bits per heavy atom. The summed E-state index contributed by atoms with van der Waals surface area (Å²) in [6.45, 7) is 0.183. The van der Waals surface area contributed by atoms with Crippen LogP contribution in [0.5, 0.6) is 0 Å². The van der Waals surface area contributed by atoms with Gasteiger partial charge in [-0.25, -0.2) is 4.79 Å². The normalized spacial score (nSPS) is 26.3. The van der Waals surface area contributed by atoms with Crippen LogP contribution < -0.4 is 5.32 Å². The van der Waals surface area contributed by atoms with Gasteiger partial charge in [0.1, 0.15) is 5.54 Å². The van der Waals surface area contributed by atoms with E-state index in [1.54, 1.807) is 21.1 Å². The van der Waals surface area contributed by atoms with E-state index < -0.39 is 23.0 Å². The molecule has 1 aromatic carbocycles. The fraction of sp³-hybridized carbons (Fsp3) is 0.500. The fourth-order valence-electron chi connectivity index (χ4n) is 3.12. The van der Waals surface area contributed by atoms with Crippen molar-refractivity contribution in [2.24, 2.45) is 0 Å². The number of carbonyl (C=O) groups excluding carboxylic acids is 1. The number of carboxylic acid groups (broad SMARTS) is 1. The third kappa shape index (κ3) is 2.54. The largest absolute Gasteiger partial charge is 0.480 e. The number of nitrogens with one attached hydrogen (secondary N) is 1. The van der Waals surface area contributed by atoms with E-state index >= 15 is 0 Å². The van der Waals surface area contributed by atoms with E-state index in [0.717, 1.165) is 5.56 Å². The van der Waals surface area contributed by atoms with Crippen LogP contribution in [0.4, 0.5) is 4.79 Å². The molecule has 1 aliphatic carbocycles. The third-order valence-electron chi connectivity index (χ3n) is 4.50. The topological polar surface area (TPSA) is 78.9 Å². The van der Waals surface area contributed by atoms with Gasteiger partial charge in [-0.1, -0.05) is 30.3 Å². The first-order valence-electron chi connectivity index (χ1n) is 7.21. The van der Waals surface area contributed by atoms with Gasteiger partial charge < -0.3 is 20.1 Å². The Hall–Kier alpha value is -2.08. The fourth-order valence-corrected chi connectivity index (χ4v) is 3.12. The summed E-state index contributed by atoms with van der Waals surface area (Å²) in [5, 5.41) is 12.6. The lowest BCUT2D eigenvalue weighted by Gasteiger charge is -2.23. The molecule has 0 bridgehead atoms. The van der Waals surface area contributed by atoms with Crippen LogP contribution >= 0.6 is 0 Å². The molecule has 2 rings (SSSR count). The van der Waals surface area contributed by atoms with Crippen LogP contribution in [0.2, 0.25) is 0 Å². The zero-order valence-corrected chi connectivity index (χ0v) is 13.1. The summed E-state index contributed by atoms with van der Waals surface area (Å²) in [6, 6.07) is 9.53. The lowest BCUT2D eigenvalue weighted by molar-refractivity contribution is -0.141. The number of aliphatic carboxylic acids is 1. The van der Waals surface area contributed by atoms with E-state index in [2.05, 4.69) is 5.32 Å². The van der Waals surface area contributed by atoms with Gasteiger partial charge in [-0.05, 0) is 25.5 Å². The van der Waals surface area contributed by atoms with Crippen molar-refractivity contribution in [1.82, 2.24) is 10.2 Å². The second kappa shape index (κ2) is 5.96. The average Bonchev–Trinajstić information content (AvgIpc) is 3.19. The van der Waals surface area contributed by atoms with Gasteiger partial charge in [0.05, 0.1) is 6.61 Å². The Kier molecular flexibility index (Phi) is 4.42. The molecule has 6 heteroatoms. The lowest BCUT2D eigenvalue weighted by atomic mass is 9.87. The van der Waals surface area contributed by atoms with Crippen LogP contribution in [0.1, 0.15) is 18.4 Å². The van der Waals surface area contributed by atoms with Gasteiger partial charge >= 0.3 is 12.1 Å². The molecule has 1 amide bonds. The van der Waals surface area contributed by atoms with Crippen LogP contribution in [0.3, 0.4) is 0 Å². The average molecular weight is 306 g/mol. The standard InChI is InChI=1S/C16H22N2O4/c1-17-16(13(19)20)11-15(16,12-7-5-4-6-8-12)9-10-22-14(21)18(2)3/h4-8,17H,9-11H2,1-3H3,(H,19,20). The summed E-state index contributed by atoms with van der Waals surface area (Å²) in [4.78, 5) is 24.6. The van der Waals surface area contributed by atoms with E-state index in [-0.39, 0.29) is 6.61 Å². The Bertz CT molecular complexity index is 561. The molecule has 0 aliphatic heterocycles. The number of carbonyl (C=O) groups is 2. The summed E-state index contributed by atoms with van der Waals surface area (Å²) < 4.78 is 5.18. The van der Waals surface area contributed by atoms with Crippen molar-refractivity contribution in [3.63, 3.8) is 0 Å². The van der Waals surface area contributed by atoms with E-state index in [9.17, 15) is 14.7 Å². The maximum absolute atomic E-state index is 11.7. The summed E-state index contributed by atoms with van der Waals surface area (Å²) >= 11 is 0. The molecule has 2 atom stereocenters. The Morgan fingerprint density at radius 2 is 1.95 bits per heavy atom. The van der Waals surface area contributed by atoms with Gasteiger partial charge in [0, 0.05) is 19.5 Å². The number of ether oxygens (including phenoxy) is 1. The van der Waals surface area contributed by atoms with Crippen LogP contribution in [0.25, 0.3) is 0 Å². The summed E-state index contributed by atoms with van der Waals surface area (Å²) in [5.41, 5.74) is -0.604. The van der Waals surface area contributed by atoms with Crippen molar-refractivity contribution in [1.29, 1.82) is 0 Å². The second-order valence-electron chi connectivity index (χ2n) is 5.84. The highest BCUT2D eigenvalue weighted by atomic mass is 16.6. The first kappa shape index (κ1) is 16.3. The lowest BCUT2D eigenvalue weighted by Crippen LogP contribution is -2.44. The number of amides is 1. The highest BCUT2D eigenvalue weighted by Crippen LogP contribution is 2.60. The zero-order chi connectivity index (χ0) is 16.4. The molecule has 0 heterocycles. The number of nitrogens with zero attached hydrogens (tertiary/aromatic N) is 1. The number of carboxylic acids is 1. The highest BCUT2D eigenvalue weighted by molar-refractivity contribution is 5.87. The summed E-state index contributed by atoms with van der Waals surface area (Å²) in [6.07, 6.45) is 0.522. The van der Waals surface area contributed by atoms with Crippen molar-refractivity contribution in [3.05, 3.63) is 35.9 Å². The van der Waals surface area contributed by atoms with Gasteiger partial charge in [0.15, 0.2) is 0 Å². The van der Waals surface area contributed by atoms with Gasteiger partial charge in [-0.3, -0.25) is 4.79 Å². The molecule has 2 unspecified atom stereocenters. The van der Waals surface area contributed by atoms with Crippen molar-refractivity contribution < 1.29 is 19.4 Å². The number of hydrogen-bond acceptors (Lipinski definition) is 4. The minimum absolute atomic E-state index is 0.183. The number of rotatable bonds is 6. The van der Waals surface area contributed by atoms with Gasteiger partial charge in [-0.2, -0.15) is 0 Å². The zero-order valence-electron chi connectivity index (χ0n) is 13.1. The monoisotopic (exact) mass is 306 g/mol. The molecule has 120 valence electrons. The van der Waals surface area contributed by atoms with Crippen LogP contribution in [-0.4, -0.2) is 55.4 Å². The molecule has 2 N–H and O–H groups in total. The van der Waals surface area contributed by atoms with Gasteiger partial charge in [0.25, 0.3) is 0 Å². The molecule has 0 aromatic heterocycles. The molecular formula is C16H22N2O4. The molecule has 6 nitrogen and oxygen atoms in total. The molecule has 1 aromatic rings. The Morgan fingerprint density at radius 3 is 2.41 bits per heavy atom. The highest BCUT2D eigenvalue weighted by Gasteiger charge is 2.72. The van der Waals surface area contributed by atoms with Crippen molar-refractivity contribution in [2.45, 2.75) is 23.8 Å². The molecule has 1 fully saturated rings. The maximum atomic E-state index is 11.7. The van der Waals surface area contributed by atoms with Crippen LogP contribution in [0.15, 0.2) is 30.3 Å². The smallest absolute Gasteiger partial charge is 0.409 e. The van der Waals surface area contributed by atoms with E-state index in [1.807, 2.05) is 30.3 Å². The third-order valence-corrected chi connectivity index (χ3v) is 4.50. The van der Waals surface area contributed by atoms with Gasteiger partial charge in [0.2, 0.25) is 0 Å². The SMILES string of the molecule is CNC1(C(=O)O)CC1(CCOC(=O)N(C)C)c1ccccc1. The number of likely N-dealkylation sites (N-methyl/N-ethyl adjacent to an activating group) is 1. The molecule has 1 aliphatic rings. The minimum Gasteiger partial charge on any atom is -0.480 e. The number of benzene rings is 1. The maximum Gasteiger partial charge on any atom is 0.409 e.